The summed E-state index contributed by atoms with van der Waals surface area (Å²) in [5, 5.41) is 13.3. The third kappa shape index (κ3) is 3.04. The summed E-state index contributed by atoms with van der Waals surface area (Å²) in [6.45, 7) is 2.30. The molecule has 17 heavy (non-hydrogen) atoms. The Morgan fingerprint density at radius 1 is 1.71 bits per heavy atom. The van der Waals surface area contributed by atoms with Gasteiger partial charge in [-0.3, -0.25) is 14.4 Å². The third-order valence-electron chi connectivity index (χ3n) is 2.91. The summed E-state index contributed by atoms with van der Waals surface area (Å²) in [6, 6.07) is 0. The first-order chi connectivity index (χ1) is 7.90. The standard InChI is InChI=1S/C11H19N3O3/c1-11(8-17-4,10(15)16)13(2)6-9-5-12-14(3)7-9/h5,7H,6,8H2,1-4H3,(H,15,16). The van der Waals surface area contributed by atoms with Gasteiger partial charge in [-0.1, -0.05) is 0 Å². The van der Waals surface area contributed by atoms with Crippen molar-refractivity contribution in [3.05, 3.63) is 18.0 Å². The molecule has 1 atom stereocenters. The lowest BCUT2D eigenvalue weighted by molar-refractivity contribution is -0.153. The molecule has 0 saturated carbocycles. The van der Waals surface area contributed by atoms with E-state index < -0.39 is 11.5 Å². The summed E-state index contributed by atoms with van der Waals surface area (Å²) in [7, 11) is 5.09. The van der Waals surface area contributed by atoms with E-state index in [4.69, 9.17) is 4.74 Å². The number of methoxy groups -OCH3 is 1. The van der Waals surface area contributed by atoms with E-state index in [9.17, 15) is 9.90 Å². The number of carboxylic acid groups (broad SMARTS) is 1. The van der Waals surface area contributed by atoms with Crippen LogP contribution in [-0.2, 0) is 23.1 Å². The van der Waals surface area contributed by atoms with Crippen LogP contribution in [0, 0.1) is 0 Å². The molecule has 96 valence electrons. The Kier molecular flexibility index (Phi) is 4.25. The van der Waals surface area contributed by atoms with Gasteiger partial charge in [0.15, 0.2) is 0 Å². The Balaban J connectivity index is 2.78. The van der Waals surface area contributed by atoms with E-state index >= 15 is 0 Å². The molecule has 1 unspecified atom stereocenters. The minimum atomic E-state index is -1.04. The summed E-state index contributed by atoms with van der Waals surface area (Å²) in [5.74, 6) is -0.897. The van der Waals surface area contributed by atoms with Crippen LogP contribution in [-0.4, -0.2) is 52.1 Å². The zero-order valence-corrected chi connectivity index (χ0v) is 10.7. The van der Waals surface area contributed by atoms with Crippen molar-refractivity contribution >= 4 is 5.97 Å². The van der Waals surface area contributed by atoms with Crippen LogP contribution < -0.4 is 0 Å². The quantitative estimate of drug-likeness (QED) is 0.778. The lowest BCUT2D eigenvalue weighted by atomic mass is 10.0. The minimum absolute atomic E-state index is 0.138. The number of carboxylic acids is 1. The Hall–Kier alpha value is -1.40. The monoisotopic (exact) mass is 241 g/mol. The molecule has 0 aliphatic heterocycles. The molecule has 1 aromatic rings. The van der Waals surface area contributed by atoms with E-state index in [-0.39, 0.29) is 6.61 Å². The average molecular weight is 241 g/mol. The minimum Gasteiger partial charge on any atom is -0.480 e. The number of ether oxygens (including phenoxy) is 1. The van der Waals surface area contributed by atoms with E-state index in [1.165, 1.54) is 7.11 Å². The highest BCUT2D eigenvalue weighted by atomic mass is 16.5. The number of nitrogens with zero attached hydrogens (tertiary/aromatic N) is 3. The first-order valence-electron chi connectivity index (χ1n) is 5.31. The van der Waals surface area contributed by atoms with Crippen LogP contribution >= 0.6 is 0 Å². The number of rotatable bonds is 6. The van der Waals surface area contributed by atoms with Crippen LogP contribution in [0.25, 0.3) is 0 Å². The molecule has 0 aromatic carbocycles. The lowest BCUT2D eigenvalue weighted by Gasteiger charge is -2.34. The number of aryl methyl sites for hydroxylation is 1. The van der Waals surface area contributed by atoms with Gasteiger partial charge in [-0.2, -0.15) is 5.10 Å². The molecule has 0 aliphatic carbocycles. The van der Waals surface area contributed by atoms with Gasteiger partial charge >= 0.3 is 5.97 Å². The maximum absolute atomic E-state index is 11.3. The second-order valence-electron chi connectivity index (χ2n) is 4.39. The highest BCUT2D eigenvalue weighted by Gasteiger charge is 2.37. The first-order valence-corrected chi connectivity index (χ1v) is 5.31. The number of aromatic nitrogens is 2. The largest absolute Gasteiger partial charge is 0.480 e. The Labute approximate surface area is 101 Å². The van der Waals surface area contributed by atoms with E-state index in [0.717, 1.165) is 5.56 Å². The van der Waals surface area contributed by atoms with E-state index in [1.807, 2.05) is 13.2 Å². The van der Waals surface area contributed by atoms with Crippen LogP contribution in [0.2, 0.25) is 0 Å². The normalized spacial score (nSPS) is 14.9. The SMILES string of the molecule is COCC(C)(C(=O)O)N(C)Cc1cnn(C)c1. The zero-order valence-electron chi connectivity index (χ0n) is 10.7. The first kappa shape index (κ1) is 13.7. The molecule has 0 fully saturated rings. The fourth-order valence-corrected chi connectivity index (χ4v) is 1.62. The molecule has 0 radical (unpaired) electrons. The number of carbonyl (C=O) groups is 1. The van der Waals surface area contributed by atoms with Gasteiger partial charge in [0, 0.05) is 32.5 Å². The van der Waals surface area contributed by atoms with Crippen molar-refractivity contribution in [3.8, 4) is 0 Å². The van der Waals surface area contributed by atoms with Crippen LogP contribution in [0.15, 0.2) is 12.4 Å². The average Bonchev–Trinajstić information content (AvgIpc) is 2.63. The number of aliphatic carboxylic acids is 1. The van der Waals surface area contributed by atoms with E-state index in [1.54, 1.807) is 29.7 Å². The van der Waals surface area contributed by atoms with Crippen molar-refractivity contribution in [1.82, 2.24) is 14.7 Å². The van der Waals surface area contributed by atoms with Gasteiger partial charge in [0.2, 0.25) is 0 Å². The van der Waals surface area contributed by atoms with Gasteiger partial charge < -0.3 is 9.84 Å². The van der Waals surface area contributed by atoms with Gasteiger partial charge in [-0.05, 0) is 14.0 Å². The lowest BCUT2D eigenvalue weighted by Crippen LogP contribution is -2.53. The molecule has 1 heterocycles. The van der Waals surface area contributed by atoms with E-state index in [2.05, 4.69) is 5.10 Å². The molecule has 6 nitrogen and oxygen atoms in total. The Morgan fingerprint density at radius 2 is 2.35 bits per heavy atom. The predicted molar refractivity (Wildman–Crippen MR) is 62.6 cm³/mol. The molecule has 0 saturated heterocycles. The maximum Gasteiger partial charge on any atom is 0.326 e. The van der Waals surface area contributed by atoms with Gasteiger partial charge in [0.1, 0.15) is 5.54 Å². The summed E-state index contributed by atoms with van der Waals surface area (Å²) in [5.41, 5.74) is -0.0662. The smallest absolute Gasteiger partial charge is 0.326 e. The van der Waals surface area contributed by atoms with Crippen LogP contribution in [0.4, 0.5) is 0 Å². The molecule has 1 aromatic heterocycles. The molecule has 0 amide bonds. The maximum atomic E-state index is 11.3. The van der Waals surface area contributed by atoms with Gasteiger partial charge in [-0.25, -0.2) is 0 Å². The number of hydrogen-bond donors (Lipinski definition) is 1. The predicted octanol–water partition coefficient (Wildman–Crippen LogP) is 0.342. The van der Waals surface area contributed by atoms with Crippen LogP contribution in [0.1, 0.15) is 12.5 Å². The van der Waals surface area contributed by atoms with Crippen molar-refractivity contribution in [2.45, 2.75) is 19.0 Å². The number of likely N-dealkylation sites (N-methyl/N-ethyl adjacent to an activating group) is 1. The second-order valence-corrected chi connectivity index (χ2v) is 4.39. The number of hydrogen-bond acceptors (Lipinski definition) is 4. The Bertz CT molecular complexity index is 391. The van der Waals surface area contributed by atoms with Gasteiger partial charge in [0.05, 0.1) is 12.8 Å². The summed E-state index contributed by atoms with van der Waals surface area (Å²) < 4.78 is 6.68. The molecule has 0 bridgehead atoms. The summed E-state index contributed by atoms with van der Waals surface area (Å²) in [6.07, 6.45) is 3.59. The molecule has 6 heteroatoms. The highest BCUT2D eigenvalue weighted by molar-refractivity contribution is 5.78. The fourth-order valence-electron chi connectivity index (χ4n) is 1.62. The summed E-state index contributed by atoms with van der Waals surface area (Å²) >= 11 is 0. The topological polar surface area (TPSA) is 67.6 Å². The third-order valence-corrected chi connectivity index (χ3v) is 2.91. The Morgan fingerprint density at radius 3 is 2.76 bits per heavy atom. The molecular formula is C11H19N3O3. The summed E-state index contributed by atoms with van der Waals surface area (Å²) in [4.78, 5) is 13.1. The van der Waals surface area contributed by atoms with E-state index in [0.29, 0.717) is 6.54 Å². The molecule has 0 spiro atoms. The molecule has 0 aliphatic rings. The van der Waals surface area contributed by atoms with Crippen molar-refractivity contribution < 1.29 is 14.6 Å². The molecule has 1 rings (SSSR count). The van der Waals surface area contributed by atoms with Crippen molar-refractivity contribution in [2.24, 2.45) is 7.05 Å². The molecule has 1 N–H and O–H groups in total. The van der Waals surface area contributed by atoms with Crippen LogP contribution in [0.3, 0.4) is 0 Å². The zero-order chi connectivity index (χ0) is 13.1. The van der Waals surface area contributed by atoms with Crippen LogP contribution in [0.5, 0.6) is 0 Å². The highest BCUT2D eigenvalue weighted by Crippen LogP contribution is 2.17. The fraction of sp³-hybridized carbons (Fsp3) is 0.636. The molecular weight excluding hydrogens is 222 g/mol. The van der Waals surface area contributed by atoms with Gasteiger partial charge in [0.25, 0.3) is 0 Å². The van der Waals surface area contributed by atoms with Crippen molar-refractivity contribution in [2.75, 3.05) is 20.8 Å². The van der Waals surface area contributed by atoms with Gasteiger partial charge in [-0.15, -0.1) is 0 Å². The van der Waals surface area contributed by atoms with Crippen molar-refractivity contribution in [1.29, 1.82) is 0 Å². The second kappa shape index (κ2) is 5.29. The van der Waals surface area contributed by atoms with Crippen molar-refractivity contribution in [3.63, 3.8) is 0 Å².